The molecule has 0 spiro atoms. The quantitative estimate of drug-likeness (QED) is 0.640. The van der Waals surface area contributed by atoms with Crippen molar-refractivity contribution in [2.45, 2.75) is 32.7 Å². The van der Waals surface area contributed by atoms with Crippen LogP contribution in [0.3, 0.4) is 0 Å². The van der Waals surface area contributed by atoms with E-state index in [4.69, 9.17) is 9.84 Å². The molecular formula is C12H23NO3. The lowest BCUT2D eigenvalue weighted by atomic mass is 10.0. The van der Waals surface area contributed by atoms with E-state index in [9.17, 15) is 4.79 Å². The van der Waals surface area contributed by atoms with Gasteiger partial charge in [-0.05, 0) is 32.7 Å². The second-order valence-corrected chi connectivity index (χ2v) is 4.87. The molecule has 1 fully saturated rings. The second kappa shape index (κ2) is 6.21. The van der Waals surface area contributed by atoms with Gasteiger partial charge >= 0.3 is 5.97 Å². The Labute approximate surface area is 97.6 Å². The molecule has 4 heteroatoms. The molecule has 0 saturated heterocycles. The van der Waals surface area contributed by atoms with E-state index in [-0.39, 0.29) is 12.0 Å². The van der Waals surface area contributed by atoms with Crippen molar-refractivity contribution >= 4 is 5.97 Å². The van der Waals surface area contributed by atoms with Crippen LogP contribution in [0.5, 0.6) is 0 Å². The average Bonchev–Trinajstić information content (AvgIpc) is 3.05. The minimum Gasteiger partial charge on any atom is -0.481 e. The molecule has 94 valence electrons. The summed E-state index contributed by atoms with van der Waals surface area (Å²) < 4.78 is 5.53. The van der Waals surface area contributed by atoms with Crippen LogP contribution in [0.15, 0.2) is 0 Å². The first-order valence-electron chi connectivity index (χ1n) is 6.03. The summed E-state index contributed by atoms with van der Waals surface area (Å²) in [4.78, 5) is 12.9. The van der Waals surface area contributed by atoms with Gasteiger partial charge < -0.3 is 14.7 Å². The van der Waals surface area contributed by atoms with Crippen molar-refractivity contribution < 1.29 is 14.6 Å². The molecule has 1 rings (SSSR count). The van der Waals surface area contributed by atoms with Crippen LogP contribution < -0.4 is 0 Å². The molecule has 1 N–H and O–H groups in total. The number of hydrogen-bond acceptors (Lipinski definition) is 3. The average molecular weight is 229 g/mol. The zero-order valence-corrected chi connectivity index (χ0v) is 10.5. The van der Waals surface area contributed by atoms with Gasteiger partial charge in [-0.1, -0.05) is 6.92 Å². The number of carboxylic acids is 1. The molecule has 0 bridgehead atoms. The van der Waals surface area contributed by atoms with E-state index in [2.05, 4.69) is 0 Å². The highest BCUT2D eigenvalue weighted by molar-refractivity contribution is 5.70. The Hall–Kier alpha value is -0.610. The maximum Gasteiger partial charge on any atom is 0.307 e. The molecule has 1 aliphatic carbocycles. The molecule has 0 aromatic carbocycles. The number of likely N-dealkylation sites (N-methyl/N-ethyl adjacent to an activating group) is 1. The van der Waals surface area contributed by atoms with Crippen LogP contribution >= 0.6 is 0 Å². The first kappa shape index (κ1) is 13.5. The van der Waals surface area contributed by atoms with Gasteiger partial charge in [-0.2, -0.15) is 0 Å². The van der Waals surface area contributed by atoms with Crippen LogP contribution in [0, 0.1) is 11.8 Å². The van der Waals surface area contributed by atoms with Crippen molar-refractivity contribution in [3.05, 3.63) is 0 Å². The maximum absolute atomic E-state index is 10.8. The van der Waals surface area contributed by atoms with Gasteiger partial charge in [0.05, 0.1) is 12.5 Å². The highest BCUT2D eigenvalue weighted by atomic mass is 16.5. The van der Waals surface area contributed by atoms with Gasteiger partial charge in [0.1, 0.15) is 0 Å². The Balaban J connectivity index is 2.11. The number of ether oxygens (including phenoxy) is 1. The number of carbonyl (C=O) groups is 1. The fourth-order valence-corrected chi connectivity index (χ4v) is 1.53. The van der Waals surface area contributed by atoms with Crippen molar-refractivity contribution in [3.63, 3.8) is 0 Å². The van der Waals surface area contributed by atoms with E-state index in [1.807, 2.05) is 18.9 Å². The van der Waals surface area contributed by atoms with Gasteiger partial charge in [0, 0.05) is 19.2 Å². The third-order valence-electron chi connectivity index (χ3n) is 3.45. The molecule has 0 amide bonds. The number of nitrogens with zero attached hydrogens (tertiary/aromatic N) is 1. The van der Waals surface area contributed by atoms with Crippen LogP contribution in [-0.4, -0.2) is 48.8 Å². The summed E-state index contributed by atoms with van der Waals surface area (Å²) in [5, 5.41) is 8.90. The van der Waals surface area contributed by atoms with E-state index in [0.717, 1.165) is 19.1 Å². The van der Waals surface area contributed by atoms with E-state index < -0.39 is 5.97 Å². The highest BCUT2D eigenvalue weighted by Crippen LogP contribution is 2.28. The fraction of sp³-hybridized carbons (Fsp3) is 0.917. The third kappa shape index (κ3) is 4.49. The first-order valence-corrected chi connectivity index (χ1v) is 6.03. The Morgan fingerprint density at radius 1 is 1.50 bits per heavy atom. The SMILES string of the molecule is CC(C(=O)O)C(C)N(C)CCOCC1CC1. The Kier molecular flexibility index (Phi) is 5.22. The summed E-state index contributed by atoms with van der Waals surface area (Å²) in [6.07, 6.45) is 2.62. The lowest BCUT2D eigenvalue weighted by Crippen LogP contribution is -2.39. The molecule has 16 heavy (non-hydrogen) atoms. The van der Waals surface area contributed by atoms with Crippen LogP contribution in [0.4, 0.5) is 0 Å². The lowest BCUT2D eigenvalue weighted by molar-refractivity contribution is -0.143. The zero-order valence-electron chi connectivity index (χ0n) is 10.5. The van der Waals surface area contributed by atoms with Crippen LogP contribution in [0.1, 0.15) is 26.7 Å². The van der Waals surface area contributed by atoms with E-state index in [1.165, 1.54) is 12.8 Å². The summed E-state index contributed by atoms with van der Waals surface area (Å²) in [6.45, 7) is 6.06. The summed E-state index contributed by atoms with van der Waals surface area (Å²) >= 11 is 0. The van der Waals surface area contributed by atoms with Crippen molar-refractivity contribution in [1.82, 2.24) is 4.90 Å². The summed E-state index contributed by atoms with van der Waals surface area (Å²) in [5.41, 5.74) is 0. The van der Waals surface area contributed by atoms with Crippen molar-refractivity contribution in [2.75, 3.05) is 26.8 Å². The monoisotopic (exact) mass is 229 g/mol. The van der Waals surface area contributed by atoms with Gasteiger partial charge in [0.2, 0.25) is 0 Å². The molecule has 0 heterocycles. The molecule has 1 aliphatic rings. The maximum atomic E-state index is 10.8. The second-order valence-electron chi connectivity index (χ2n) is 4.87. The van der Waals surface area contributed by atoms with Gasteiger partial charge in [0.25, 0.3) is 0 Å². The summed E-state index contributed by atoms with van der Waals surface area (Å²) in [5.74, 6) is -0.285. The molecule has 0 aromatic rings. The summed E-state index contributed by atoms with van der Waals surface area (Å²) in [7, 11) is 1.95. The zero-order chi connectivity index (χ0) is 12.1. The molecule has 1 saturated carbocycles. The number of rotatable bonds is 8. The molecule has 0 aromatic heterocycles. The van der Waals surface area contributed by atoms with Gasteiger partial charge in [-0.15, -0.1) is 0 Å². The van der Waals surface area contributed by atoms with E-state index >= 15 is 0 Å². The topological polar surface area (TPSA) is 49.8 Å². The smallest absolute Gasteiger partial charge is 0.307 e. The number of aliphatic carboxylic acids is 1. The van der Waals surface area contributed by atoms with Crippen molar-refractivity contribution in [1.29, 1.82) is 0 Å². The molecule has 2 unspecified atom stereocenters. The van der Waals surface area contributed by atoms with E-state index in [1.54, 1.807) is 6.92 Å². The van der Waals surface area contributed by atoms with Crippen molar-refractivity contribution in [2.24, 2.45) is 11.8 Å². The fourth-order valence-electron chi connectivity index (χ4n) is 1.53. The van der Waals surface area contributed by atoms with Gasteiger partial charge in [-0.25, -0.2) is 0 Å². The first-order chi connectivity index (χ1) is 7.52. The molecule has 0 aliphatic heterocycles. The largest absolute Gasteiger partial charge is 0.481 e. The predicted octanol–water partition coefficient (Wildman–Crippen LogP) is 1.45. The van der Waals surface area contributed by atoms with E-state index in [0.29, 0.717) is 6.61 Å². The Morgan fingerprint density at radius 3 is 2.62 bits per heavy atom. The normalized spacial score (nSPS) is 19.8. The highest BCUT2D eigenvalue weighted by Gasteiger charge is 2.23. The molecule has 0 radical (unpaired) electrons. The van der Waals surface area contributed by atoms with Gasteiger partial charge in [0.15, 0.2) is 0 Å². The molecule has 4 nitrogen and oxygen atoms in total. The minimum atomic E-state index is -0.738. The lowest BCUT2D eigenvalue weighted by Gasteiger charge is -2.27. The van der Waals surface area contributed by atoms with Crippen LogP contribution in [-0.2, 0) is 9.53 Å². The third-order valence-corrected chi connectivity index (χ3v) is 3.45. The van der Waals surface area contributed by atoms with Crippen LogP contribution in [0.25, 0.3) is 0 Å². The minimum absolute atomic E-state index is 0.0435. The summed E-state index contributed by atoms with van der Waals surface area (Å²) in [6, 6.07) is 0.0435. The predicted molar refractivity (Wildman–Crippen MR) is 62.4 cm³/mol. The Bertz CT molecular complexity index is 228. The van der Waals surface area contributed by atoms with Crippen molar-refractivity contribution in [3.8, 4) is 0 Å². The molecule has 2 atom stereocenters. The Morgan fingerprint density at radius 2 is 2.12 bits per heavy atom. The molecular weight excluding hydrogens is 206 g/mol. The number of hydrogen-bond donors (Lipinski definition) is 1. The number of carboxylic acid groups (broad SMARTS) is 1. The van der Waals surface area contributed by atoms with Crippen LogP contribution in [0.2, 0.25) is 0 Å². The van der Waals surface area contributed by atoms with Gasteiger partial charge in [-0.3, -0.25) is 4.79 Å². The standard InChI is InChI=1S/C12H23NO3/c1-9(12(14)15)10(2)13(3)6-7-16-8-11-4-5-11/h9-11H,4-8H2,1-3H3,(H,14,15).